The van der Waals surface area contributed by atoms with E-state index in [1.165, 1.54) is 0 Å². The van der Waals surface area contributed by atoms with Gasteiger partial charge in [-0.1, -0.05) is 35.9 Å². The fourth-order valence-corrected chi connectivity index (χ4v) is 5.11. The number of carbonyl (C=O) groups is 1. The van der Waals surface area contributed by atoms with Crippen LogP contribution in [0.2, 0.25) is 5.02 Å². The second kappa shape index (κ2) is 6.00. The van der Waals surface area contributed by atoms with E-state index in [0.717, 1.165) is 15.3 Å². The molecule has 132 valence electrons. The summed E-state index contributed by atoms with van der Waals surface area (Å²) in [5.41, 5.74) is 1.94. The van der Waals surface area contributed by atoms with Crippen molar-refractivity contribution >= 4 is 49.7 Å². The number of nitrogens with one attached hydrogen (secondary N) is 1. The molecule has 0 bridgehead atoms. The average molecular weight is 387 g/mol. The third kappa shape index (κ3) is 2.62. The molecule has 7 heteroatoms. The van der Waals surface area contributed by atoms with Crippen molar-refractivity contribution in [2.75, 3.05) is 16.2 Å². The highest BCUT2D eigenvalue weighted by atomic mass is 35.5. The number of amides is 1. The van der Waals surface area contributed by atoms with Crippen molar-refractivity contribution in [3.63, 3.8) is 0 Å². The van der Waals surface area contributed by atoms with Gasteiger partial charge in [0.15, 0.2) is 0 Å². The van der Waals surface area contributed by atoms with Gasteiger partial charge in [-0.2, -0.15) is 0 Å². The molecule has 0 radical (unpaired) electrons. The third-order valence-corrected chi connectivity index (χ3v) is 6.47. The second-order valence-corrected chi connectivity index (χ2v) is 8.42. The first-order valence-corrected chi connectivity index (χ1v) is 9.80. The number of hydrogen-bond donors (Lipinski definition) is 1. The van der Waals surface area contributed by atoms with Crippen molar-refractivity contribution in [1.29, 1.82) is 0 Å². The van der Waals surface area contributed by atoms with E-state index >= 15 is 0 Å². The molecule has 0 saturated carbocycles. The summed E-state index contributed by atoms with van der Waals surface area (Å²) in [6.45, 7) is 1.53. The molecule has 1 heterocycles. The van der Waals surface area contributed by atoms with Crippen LogP contribution in [-0.4, -0.2) is 20.9 Å². The minimum Gasteiger partial charge on any atom is -0.324 e. The van der Waals surface area contributed by atoms with Gasteiger partial charge >= 0.3 is 0 Å². The van der Waals surface area contributed by atoms with Crippen LogP contribution in [0.15, 0.2) is 59.5 Å². The molecule has 0 unspecified atom stereocenters. The minimum absolute atomic E-state index is 0.237. The van der Waals surface area contributed by atoms with E-state index in [1.54, 1.807) is 42.5 Å². The number of aryl methyl sites for hydroxylation is 1. The van der Waals surface area contributed by atoms with Crippen LogP contribution in [0.25, 0.3) is 10.8 Å². The zero-order chi connectivity index (χ0) is 18.5. The number of halogens is 1. The molecule has 0 aliphatic carbocycles. The Hall–Kier alpha value is -2.57. The summed E-state index contributed by atoms with van der Waals surface area (Å²) in [7, 11) is -3.75. The van der Waals surface area contributed by atoms with Gasteiger partial charge in [-0.05, 0) is 48.2 Å². The van der Waals surface area contributed by atoms with Gasteiger partial charge in [-0.3, -0.25) is 9.10 Å². The van der Waals surface area contributed by atoms with Crippen molar-refractivity contribution in [2.24, 2.45) is 0 Å². The van der Waals surface area contributed by atoms with Crippen molar-refractivity contribution < 1.29 is 13.2 Å². The molecule has 0 fully saturated rings. The Morgan fingerprint density at radius 1 is 1.12 bits per heavy atom. The summed E-state index contributed by atoms with van der Waals surface area (Å²) in [6.07, 6.45) is 0. The molecule has 0 saturated heterocycles. The maximum absolute atomic E-state index is 12.9. The summed E-state index contributed by atoms with van der Waals surface area (Å²) in [5.74, 6) is -0.413. The Labute approximate surface area is 156 Å². The average Bonchev–Trinajstić information content (AvgIpc) is 2.81. The Balaban J connectivity index is 1.67. The molecule has 0 atom stereocenters. The van der Waals surface area contributed by atoms with Crippen molar-refractivity contribution in [3.05, 3.63) is 65.2 Å². The monoisotopic (exact) mass is 386 g/mol. The third-order valence-electron chi connectivity index (χ3n) is 4.43. The van der Waals surface area contributed by atoms with E-state index in [9.17, 15) is 13.2 Å². The van der Waals surface area contributed by atoms with E-state index in [2.05, 4.69) is 5.32 Å². The Kier molecular flexibility index (Phi) is 3.89. The van der Waals surface area contributed by atoms with Gasteiger partial charge in [-0.25, -0.2) is 8.42 Å². The van der Waals surface area contributed by atoms with Crippen molar-refractivity contribution in [2.45, 2.75) is 11.8 Å². The Morgan fingerprint density at radius 2 is 1.85 bits per heavy atom. The minimum atomic E-state index is -3.75. The fraction of sp³-hybridized carbons (Fsp3) is 0.105. The maximum Gasteiger partial charge on any atom is 0.265 e. The van der Waals surface area contributed by atoms with Crippen LogP contribution in [-0.2, 0) is 14.8 Å². The van der Waals surface area contributed by atoms with Crippen LogP contribution >= 0.6 is 11.6 Å². The van der Waals surface area contributed by atoms with E-state index in [-0.39, 0.29) is 11.4 Å². The SMILES string of the molecule is Cc1cc(Cl)ccc1NC(=O)CN1c2cccc3cccc(c23)S1(=O)=O. The van der Waals surface area contributed by atoms with Crippen LogP contribution in [0.4, 0.5) is 11.4 Å². The topological polar surface area (TPSA) is 66.5 Å². The highest BCUT2D eigenvalue weighted by molar-refractivity contribution is 7.93. The lowest BCUT2D eigenvalue weighted by atomic mass is 10.1. The molecule has 1 N–H and O–H groups in total. The number of rotatable bonds is 3. The normalized spacial score (nSPS) is 14.6. The molecule has 0 aromatic heterocycles. The highest BCUT2D eigenvalue weighted by Crippen LogP contribution is 2.41. The van der Waals surface area contributed by atoms with E-state index in [0.29, 0.717) is 21.8 Å². The smallest absolute Gasteiger partial charge is 0.265 e. The van der Waals surface area contributed by atoms with Gasteiger partial charge in [0.05, 0.1) is 10.6 Å². The van der Waals surface area contributed by atoms with Crippen LogP contribution in [0.5, 0.6) is 0 Å². The molecule has 1 aliphatic rings. The summed E-state index contributed by atoms with van der Waals surface area (Å²) in [4.78, 5) is 12.8. The largest absolute Gasteiger partial charge is 0.324 e. The molecule has 4 rings (SSSR count). The predicted octanol–water partition coefficient (Wildman–Crippen LogP) is 3.95. The molecule has 3 aromatic carbocycles. The quantitative estimate of drug-likeness (QED) is 0.741. The van der Waals surface area contributed by atoms with Crippen molar-refractivity contribution in [1.82, 2.24) is 0 Å². The molecule has 5 nitrogen and oxygen atoms in total. The van der Waals surface area contributed by atoms with Gasteiger partial charge in [0.25, 0.3) is 10.0 Å². The molecule has 1 amide bonds. The van der Waals surface area contributed by atoms with E-state index < -0.39 is 15.9 Å². The number of anilines is 2. The number of carbonyl (C=O) groups excluding carboxylic acids is 1. The lowest BCUT2D eigenvalue weighted by molar-refractivity contribution is -0.114. The summed E-state index contributed by atoms with van der Waals surface area (Å²) >= 11 is 5.92. The molecule has 1 aliphatic heterocycles. The number of benzene rings is 3. The number of hydrogen-bond acceptors (Lipinski definition) is 3. The van der Waals surface area contributed by atoms with Gasteiger partial charge in [0.1, 0.15) is 6.54 Å². The van der Waals surface area contributed by atoms with Crippen LogP contribution in [0, 0.1) is 6.92 Å². The zero-order valence-electron chi connectivity index (χ0n) is 13.9. The first-order valence-electron chi connectivity index (χ1n) is 7.98. The van der Waals surface area contributed by atoms with Gasteiger partial charge in [0, 0.05) is 16.1 Å². The molecule has 0 spiro atoms. The standard InChI is InChI=1S/C19H15ClN2O3S/c1-12-10-14(20)8-9-15(12)21-18(23)11-22-16-6-2-4-13-5-3-7-17(19(13)16)26(22,24)25/h2-10H,11H2,1H3,(H,21,23). The predicted molar refractivity (Wildman–Crippen MR) is 103 cm³/mol. The van der Waals surface area contributed by atoms with Gasteiger partial charge < -0.3 is 5.32 Å². The Morgan fingerprint density at radius 3 is 2.58 bits per heavy atom. The fourth-order valence-electron chi connectivity index (χ4n) is 3.22. The lowest BCUT2D eigenvalue weighted by Crippen LogP contribution is -2.35. The summed E-state index contributed by atoms with van der Waals surface area (Å²) in [5, 5.41) is 4.82. The van der Waals surface area contributed by atoms with E-state index in [4.69, 9.17) is 11.6 Å². The van der Waals surface area contributed by atoms with Gasteiger partial charge in [0.2, 0.25) is 5.91 Å². The van der Waals surface area contributed by atoms with Crippen LogP contribution < -0.4 is 9.62 Å². The highest BCUT2D eigenvalue weighted by Gasteiger charge is 2.36. The first-order chi connectivity index (χ1) is 12.4. The van der Waals surface area contributed by atoms with Crippen molar-refractivity contribution in [3.8, 4) is 0 Å². The van der Waals surface area contributed by atoms with Crippen LogP contribution in [0.1, 0.15) is 5.56 Å². The molecular formula is C19H15ClN2O3S. The molecule has 26 heavy (non-hydrogen) atoms. The first kappa shape index (κ1) is 16.9. The Bertz CT molecular complexity index is 1150. The molecular weight excluding hydrogens is 372 g/mol. The number of nitrogens with zero attached hydrogens (tertiary/aromatic N) is 1. The lowest BCUT2D eigenvalue weighted by Gasteiger charge is -2.18. The van der Waals surface area contributed by atoms with Gasteiger partial charge in [-0.15, -0.1) is 0 Å². The van der Waals surface area contributed by atoms with E-state index in [1.807, 2.05) is 19.1 Å². The summed E-state index contributed by atoms with van der Waals surface area (Å²) < 4.78 is 26.9. The van der Waals surface area contributed by atoms with Crippen LogP contribution in [0.3, 0.4) is 0 Å². The molecule has 3 aromatic rings. The number of sulfonamides is 1. The summed E-state index contributed by atoms with van der Waals surface area (Å²) in [6, 6.07) is 15.6. The maximum atomic E-state index is 12.9. The second-order valence-electron chi connectivity index (χ2n) is 6.15. The zero-order valence-corrected chi connectivity index (χ0v) is 15.4.